The minimum absolute atomic E-state index is 0.0169. The number of likely N-dealkylation sites (tertiary alicyclic amines) is 2. The molecule has 158 valence electrons. The van der Waals surface area contributed by atoms with E-state index in [0.29, 0.717) is 19.5 Å². The number of hydrogen-bond acceptors (Lipinski definition) is 3. The minimum atomic E-state index is -0.212. The smallest absolute Gasteiger partial charge is 0.225 e. The van der Waals surface area contributed by atoms with E-state index in [2.05, 4.69) is 46.6 Å². The van der Waals surface area contributed by atoms with Gasteiger partial charge in [0, 0.05) is 45.2 Å². The first-order valence-electron chi connectivity index (χ1n) is 11.1. The quantitative estimate of drug-likeness (QED) is 0.771. The molecule has 1 N–H and O–H groups in total. The molecule has 0 aromatic heterocycles. The molecule has 2 amide bonds. The zero-order chi connectivity index (χ0) is 20.8. The summed E-state index contributed by atoms with van der Waals surface area (Å²) in [5.41, 5.74) is 2.55. The lowest BCUT2D eigenvalue weighted by molar-refractivity contribution is -0.131. The van der Waals surface area contributed by atoms with Crippen molar-refractivity contribution in [2.24, 2.45) is 5.92 Å². The highest BCUT2D eigenvalue weighted by Crippen LogP contribution is 2.26. The molecule has 0 bridgehead atoms. The Hall–Kier alpha value is -2.66. The Balaban J connectivity index is 1.21. The molecular weight excluding hydrogens is 374 g/mol. The van der Waals surface area contributed by atoms with Gasteiger partial charge in [-0.25, -0.2) is 0 Å². The molecule has 5 heteroatoms. The highest BCUT2D eigenvalue weighted by Gasteiger charge is 2.38. The lowest BCUT2D eigenvalue weighted by Gasteiger charge is -2.36. The molecule has 5 nitrogen and oxygen atoms in total. The van der Waals surface area contributed by atoms with Crippen LogP contribution in [0.5, 0.6) is 0 Å². The second-order valence-corrected chi connectivity index (χ2v) is 8.47. The van der Waals surface area contributed by atoms with E-state index in [1.165, 1.54) is 11.1 Å². The Bertz CT molecular complexity index is 832. The first kappa shape index (κ1) is 20.6. The first-order chi connectivity index (χ1) is 14.7. The van der Waals surface area contributed by atoms with Gasteiger partial charge in [0.2, 0.25) is 11.8 Å². The van der Waals surface area contributed by atoms with Gasteiger partial charge in [0.15, 0.2) is 0 Å². The van der Waals surface area contributed by atoms with Gasteiger partial charge in [0.25, 0.3) is 0 Å². The van der Waals surface area contributed by atoms with Crippen molar-refractivity contribution in [1.29, 1.82) is 0 Å². The third-order valence-corrected chi connectivity index (χ3v) is 6.33. The van der Waals surface area contributed by atoms with Crippen molar-refractivity contribution in [3.05, 3.63) is 71.8 Å². The van der Waals surface area contributed by atoms with Crippen molar-refractivity contribution in [2.75, 3.05) is 26.2 Å². The predicted molar refractivity (Wildman–Crippen MR) is 118 cm³/mol. The van der Waals surface area contributed by atoms with Crippen molar-refractivity contribution >= 4 is 11.8 Å². The maximum atomic E-state index is 12.6. The van der Waals surface area contributed by atoms with Gasteiger partial charge in [-0.1, -0.05) is 60.7 Å². The van der Waals surface area contributed by atoms with E-state index in [1.807, 2.05) is 29.2 Å². The summed E-state index contributed by atoms with van der Waals surface area (Å²) >= 11 is 0. The summed E-state index contributed by atoms with van der Waals surface area (Å²) < 4.78 is 0. The second-order valence-electron chi connectivity index (χ2n) is 8.47. The van der Waals surface area contributed by atoms with Crippen LogP contribution in [0.25, 0.3) is 0 Å². The van der Waals surface area contributed by atoms with Crippen molar-refractivity contribution in [3.63, 3.8) is 0 Å². The van der Waals surface area contributed by atoms with E-state index < -0.39 is 0 Å². The van der Waals surface area contributed by atoms with E-state index >= 15 is 0 Å². The number of hydrogen-bond donors (Lipinski definition) is 1. The maximum Gasteiger partial charge on any atom is 0.225 e. The number of benzene rings is 2. The molecule has 4 rings (SSSR count). The summed E-state index contributed by atoms with van der Waals surface area (Å²) in [5.74, 6) is -0.0568. The van der Waals surface area contributed by atoms with Gasteiger partial charge >= 0.3 is 0 Å². The van der Waals surface area contributed by atoms with Crippen LogP contribution in [-0.2, 0) is 22.6 Å². The standard InChI is InChI=1S/C25H31N3O2/c29-24-17-22(25(30)26-14-11-20-7-3-1-4-8-20)19-28(24)23-12-15-27(16-13-23)18-21-9-5-2-6-10-21/h1-10,22-23H,11-19H2,(H,26,30). The van der Waals surface area contributed by atoms with Gasteiger partial charge in [-0.15, -0.1) is 0 Å². The third-order valence-electron chi connectivity index (χ3n) is 6.33. The number of nitrogens with zero attached hydrogens (tertiary/aromatic N) is 2. The highest BCUT2D eigenvalue weighted by atomic mass is 16.2. The lowest BCUT2D eigenvalue weighted by atomic mass is 10.0. The highest BCUT2D eigenvalue weighted by molar-refractivity contribution is 5.89. The Morgan fingerprint density at radius 1 is 0.933 bits per heavy atom. The molecule has 1 unspecified atom stereocenters. The average Bonchev–Trinajstić information content (AvgIpc) is 3.17. The molecule has 2 aliphatic rings. The van der Waals surface area contributed by atoms with Gasteiger partial charge < -0.3 is 10.2 Å². The molecule has 0 spiro atoms. The maximum absolute atomic E-state index is 12.6. The Morgan fingerprint density at radius 2 is 1.57 bits per heavy atom. The van der Waals surface area contributed by atoms with E-state index in [0.717, 1.165) is 38.9 Å². The molecule has 0 aliphatic carbocycles. The number of nitrogens with one attached hydrogen (secondary N) is 1. The van der Waals surface area contributed by atoms with E-state index in [-0.39, 0.29) is 23.8 Å². The summed E-state index contributed by atoms with van der Waals surface area (Å²) in [6, 6.07) is 20.9. The Labute approximate surface area is 179 Å². The fourth-order valence-electron chi connectivity index (χ4n) is 4.61. The number of amides is 2. The third kappa shape index (κ3) is 5.28. The summed E-state index contributed by atoms with van der Waals surface area (Å²) in [5, 5.41) is 3.03. The molecule has 2 aromatic carbocycles. The van der Waals surface area contributed by atoms with Crippen molar-refractivity contribution in [2.45, 2.75) is 38.3 Å². The van der Waals surface area contributed by atoms with Crippen LogP contribution >= 0.6 is 0 Å². The van der Waals surface area contributed by atoms with Crippen LogP contribution in [0.4, 0.5) is 0 Å². The number of rotatable bonds is 7. The molecule has 30 heavy (non-hydrogen) atoms. The zero-order valence-corrected chi connectivity index (χ0v) is 17.5. The fourth-order valence-corrected chi connectivity index (χ4v) is 4.61. The predicted octanol–water partition coefficient (Wildman–Crippen LogP) is 2.86. The van der Waals surface area contributed by atoms with E-state index in [1.54, 1.807) is 0 Å². The van der Waals surface area contributed by atoms with Gasteiger partial charge in [0.05, 0.1) is 5.92 Å². The molecule has 0 radical (unpaired) electrons. The normalized spacial score (nSPS) is 20.5. The average molecular weight is 406 g/mol. The van der Waals surface area contributed by atoms with Crippen LogP contribution in [0.1, 0.15) is 30.4 Å². The van der Waals surface area contributed by atoms with Crippen molar-refractivity contribution in [3.8, 4) is 0 Å². The Morgan fingerprint density at radius 3 is 2.23 bits per heavy atom. The fraction of sp³-hybridized carbons (Fsp3) is 0.440. The summed E-state index contributed by atoms with van der Waals surface area (Å²) in [4.78, 5) is 29.6. The molecule has 1 atom stereocenters. The number of piperidine rings is 1. The van der Waals surface area contributed by atoms with E-state index in [9.17, 15) is 9.59 Å². The van der Waals surface area contributed by atoms with Crippen LogP contribution in [0.15, 0.2) is 60.7 Å². The molecule has 2 aliphatic heterocycles. The van der Waals surface area contributed by atoms with Crippen LogP contribution in [0.2, 0.25) is 0 Å². The van der Waals surface area contributed by atoms with E-state index in [4.69, 9.17) is 0 Å². The van der Waals surface area contributed by atoms with Crippen molar-refractivity contribution < 1.29 is 9.59 Å². The molecule has 2 aromatic rings. The molecule has 2 saturated heterocycles. The van der Waals surface area contributed by atoms with Crippen LogP contribution in [0, 0.1) is 5.92 Å². The monoisotopic (exact) mass is 405 g/mol. The second kappa shape index (κ2) is 9.90. The molecule has 2 heterocycles. The molecular formula is C25H31N3O2. The van der Waals surface area contributed by atoms with Gasteiger partial charge in [0.1, 0.15) is 0 Å². The summed E-state index contributed by atoms with van der Waals surface area (Å²) in [7, 11) is 0. The van der Waals surface area contributed by atoms with Crippen LogP contribution < -0.4 is 5.32 Å². The topological polar surface area (TPSA) is 52.7 Å². The van der Waals surface area contributed by atoms with Crippen molar-refractivity contribution in [1.82, 2.24) is 15.1 Å². The van der Waals surface area contributed by atoms with Gasteiger partial charge in [-0.05, 0) is 30.4 Å². The SMILES string of the molecule is O=C(NCCc1ccccc1)C1CC(=O)N(C2CCN(Cc3ccccc3)CC2)C1. The minimum Gasteiger partial charge on any atom is -0.355 e. The Kier molecular flexibility index (Phi) is 6.80. The van der Waals surface area contributed by atoms with Gasteiger partial charge in [-0.2, -0.15) is 0 Å². The van der Waals surface area contributed by atoms with Crippen LogP contribution in [0.3, 0.4) is 0 Å². The van der Waals surface area contributed by atoms with Crippen LogP contribution in [-0.4, -0.2) is 53.8 Å². The summed E-state index contributed by atoms with van der Waals surface area (Å²) in [6.07, 6.45) is 3.14. The number of carbonyl (C=O) groups is 2. The first-order valence-corrected chi connectivity index (χ1v) is 11.1. The zero-order valence-electron chi connectivity index (χ0n) is 17.5. The largest absolute Gasteiger partial charge is 0.355 e. The lowest BCUT2D eigenvalue weighted by Crippen LogP contribution is -2.45. The van der Waals surface area contributed by atoms with Gasteiger partial charge in [-0.3, -0.25) is 14.5 Å². The molecule has 0 saturated carbocycles. The molecule has 2 fully saturated rings. The summed E-state index contributed by atoms with van der Waals surface area (Å²) in [6.45, 7) is 4.15. The number of carbonyl (C=O) groups excluding carboxylic acids is 2.